The Morgan fingerprint density at radius 2 is 1.47 bits per heavy atom. The van der Waals surface area contributed by atoms with Crippen molar-refractivity contribution in [3.8, 4) is 11.5 Å². The number of methoxy groups -OCH3 is 2. The first-order valence-electron chi connectivity index (χ1n) is 5.41. The summed E-state index contributed by atoms with van der Waals surface area (Å²) >= 11 is 0. The lowest BCUT2D eigenvalue weighted by Gasteiger charge is -2.13. The molecule has 1 aromatic carbocycles. The van der Waals surface area contributed by atoms with Crippen molar-refractivity contribution in [2.45, 2.75) is 0 Å². The van der Waals surface area contributed by atoms with Crippen LogP contribution in [0, 0.1) is 0 Å². The zero-order valence-electron chi connectivity index (χ0n) is 10.3. The molecule has 0 N–H and O–H groups in total. The molecule has 2 radical (unpaired) electrons. The van der Waals surface area contributed by atoms with E-state index in [0.29, 0.717) is 43.4 Å². The van der Waals surface area contributed by atoms with E-state index >= 15 is 0 Å². The van der Waals surface area contributed by atoms with Gasteiger partial charge in [0.15, 0.2) is 11.5 Å². The summed E-state index contributed by atoms with van der Waals surface area (Å²) in [7, 11) is 8.95. The molecule has 0 aliphatic carbocycles. The Kier molecular flexibility index (Phi) is 6.51. The standard InChI is InChI=1S/C12H17BO4/c1-14-5-7-16-11-4-3-10(13)9-12(11)17-8-6-15-2/h3-4,9H,5-8H2,1-2H3. The average Bonchev–Trinajstić information content (AvgIpc) is 2.32. The lowest BCUT2D eigenvalue weighted by molar-refractivity contribution is 0.132. The Labute approximate surface area is 103 Å². The minimum absolute atomic E-state index is 0.459. The molecule has 0 aromatic heterocycles. The smallest absolute Gasteiger partial charge is 0.161 e. The highest BCUT2D eigenvalue weighted by Gasteiger charge is 2.05. The van der Waals surface area contributed by atoms with Crippen molar-refractivity contribution in [3.05, 3.63) is 18.2 Å². The Hall–Kier alpha value is -1.20. The molecule has 0 bridgehead atoms. The molecule has 0 unspecified atom stereocenters. The molecule has 92 valence electrons. The van der Waals surface area contributed by atoms with E-state index in [0.717, 1.165) is 0 Å². The Bertz CT molecular complexity index is 330. The van der Waals surface area contributed by atoms with E-state index in [1.165, 1.54) is 0 Å². The molecule has 1 rings (SSSR count). The molecule has 0 aliphatic rings. The van der Waals surface area contributed by atoms with E-state index in [1.807, 2.05) is 0 Å². The van der Waals surface area contributed by atoms with Crippen LogP contribution in [0.1, 0.15) is 0 Å². The zero-order valence-corrected chi connectivity index (χ0v) is 10.3. The van der Waals surface area contributed by atoms with Crippen LogP contribution in [0.4, 0.5) is 0 Å². The third kappa shape index (κ3) is 5.11. The maximum atomic E-state index is 5.70. The van der Waals surface area contributed by atoms with E-state index in [4.69, 9.17) is 26.8 Å². The molecule has 4 nitrogen and oxygen atoms in total. The number of ether oxygens (including phenoxy) is 4. The van der Waals surface area contributed by atoms with Crippen molar-refractivity contribution in [1.29, 1.82) is 0 Å². The molecule has 0 amide bonds. The van der Waals surface area contributed by atoms with Gasteiger partial charge in [-0.15, -0.1) is 0 Å². The summed E-state index contributed by atoms with van der Waals surface area (Å²) in [6.07, 6.45) is 0. The molecule has 0 atom stereocenters. The van der Waals surface area contributed by atoms with E-state index in [2.05, 4.69) is 0 Å². The monoisotopic (exact) mass is 236 g/mol. The minimum atomic E-state index is 0.459. The van der Waals surface area contributed by atoms with E-state index < -0.39 is 0 Å². The highest BCUT2D eigenvalue weighted by molar-refractivity contribution is 6.32. The summed E-state index contributed by atoms with van der Waals surface area (Å²) in [5.74, 6) is 1.28. The second-order valence-electron chi connectivity index (χ2n) is 3.39. The maximum Gasteiger partial charge on any atom is 0.161 e. The van der Waals surface area contributed by atoms with Gasteiger partial charge in [0.2, 0.25) is 0 Å². The van der Waals surface area contributed by atoms with Crippen LogP contribution in [0.15, 0.2) is 18.2 Å². The molecular formula is C12H17BO4. The van der Waals surface area contributed by atoms with Gasteiger partial charge in [0.1, 0.15) is 21.1 Å². The first-order valence-corrected chi connectivity index (χ1v) is 5.41. The average molecular weight is 236 g/mol. The van der Waals surface area contributed by atoms with Gasteiger partial charge in [0, 0.05) is 14.2 Å². The van der Waals surface area contributed by atoms with Gasteiger partial charge in [-0.3, -0.25) is 0 Å². The first kappa shape index (κ1) is 13.9. The van der Waals surface area contributed by atoms with Crippen molar-refractivity contribution >= 4 is 13.3 Å². The second-order valence-corrected chi connectivity index (χ2v) is 3.39. The summed E-state index contributed by atoms with van der Waals surface area (Å²) in [6, 6.07) is 5.29. The van der Waals surface area contributed by atoms with Crippen LogP contribution in [0.5, 0.6) is 11.5 Å². The Morgan fingerprint density at radius 1 is 0.882 bits per heavy atom. The van der Waals surface area contributed by atoms with Crippen LogP contribution >= 0.6 is 0 Å². The van der Waals surface area contributed by atoms with Crippen LogP contribution in [0.2, 0.25) is 0 Å². The summed E-state index contributed by atoms with van der Waals surface area (Å²) in [6.45, 7) is 1.98. The lowest BCUT2D eigenvalue weighted by atomic mass is 9.96. The number of hydrogen-bond acceptors (Lipinski definition) is 4. The van der Waals surface area contributed by atoms with E-state index in [-0.39, 0.29) is 0 Å². The highest BCUT2D eigenvalue weighted by atomic mass is 16.5. The molecule has 0 saturated heterocycles. The predicted molar refractivity (Wildman–Crippen MR) is 66.6 cm³/mol. The number of hydrogen-bond donors (Lipinski definition) is 0. The van der Waals surface area contributed by atoms with E-state index in [1.54, 1.807) is 32.4 Å². The van der Waals surface area contributed by atoms with Gasteiger partial charge in [-0.05, 0) is 12.1 Å². The molecule has 0 heterocycles. The summed E-state index contributed by atoms with van der Waals surface area (Å²) in [5, 5.41) is 0. The van der Waals surface area contributed by atoms with Crippen molar-refractivity contribution in [2.24, 2.45) is 0 Å². The van der Waals surface area contributed by atoms with Gasteiger partial charge in [-0.25, -0.2) is 0 Å². The number of benzene rings is 1. The summed E-state index contributed by atoms with van der Waals surface area (Å²) in [5.41, 5.74) is 0.636. The summed E-state index contributed by atoms with van der Waals surface area (Å²) in [4.78, 5) is 0. The van der Waals surface area contributed by atoms with Gasteiger partial charge >= 0.3 is 0 Å². The van der Waals surface area contributed by atoms with Crippen LogP contribution in [-0.2, 0) is 9.47 Å². The molecule has 0 saturated carbocycles. The minimum Gasteiger partial charge on any atom is -0.487 e. The molecule has 0 fully saturated rings. The van der Waals surface area contributed by atoms with Crippen molar-refractivity contribution in [3.63, 3.8) is 0 Å². The van der Waals surface area contributed by atoms with Gasteiger partial charge in [0.25, 0.3) is 0 Å². The van der Waals surface area contributed by atoms with Gasteiger partial charge < -0.3 is 18.9 Å². The second kappa shape index (κ2) is 7.98. The topological polar surface area (TPSA) is 36.9 Å². The van der Waals surface area contributed by atoms with Gasteiger partial charge in [-0.1, -0.05) is 11.5 Å². The zero-order chi connectivity index (χ0) is 12.5. The van der Waals surface area contributed by atoms with E-state index in [9.17, 15) is 0 Å². The van der Waals surface area contributed by atoms with Crippen LogP contribution in [0.3, 0.4) is 0 Å². The van der Waals surface area contributed by atoms with Crippen LogP contribution in [0.25, 0.3) is 0 Å². The third-order valence-corrected chi connectivity index (χ3v) is 2.06. The quantitative estimate of drug-likeness (QED) is 0.487. The van der Waals surface area contributed by atoms with Crippen molar-refractivity contribution in [1.82, 2.24) is 0 Å². The third-order valence-electron chi connectivity index (χ3n) is 2.06. The molecule has 0 aliphatic heterocycles. The fourth-order valence-electron chi connectivity index (χ4n) is 1.23. The fraction of sp³-hybridized carbons (Fsp3) is 0.500. The molecule has 1 aromatic rings. The van der Waals surface area contributed by atoms with Crippen LogP contribution < -0.4 is 14.9 Å². The normalized spacial score (nSPS) is 10.2. The predicted octanol–water partition coefficient (Wildman–Crippen LogP) is 0.531. The SMILES string of the molecule is [B]c1ccc(OCCOC)c(OCCOC)c1. The lowest BCUT2D eigenvalue weighted by Crippen LogP contribution is -2.11. The molecule has 0 spiro atoms. The highest BCUT2D eigenvalue weighted by Crippen LogP contribution is 2.25. The number of rotatable bonds is 8. The van der Waals surface area contributed by atoms with Crippen molar-refractivity contribution in [2.75, 3.05) is 40.6 Å². The van der Waals surface area contributed by atoms with Crippen LogP contribution in [-0.4, -0.2) is 48.5 Å². The molecule has 17 heavy (non-hydrogen) atoms. The largest absolute Gasteiger partial charge is 0.487 e. The molecule has 5 heteroatoms. The Balaban J connectivity index is 2.59. The summed E-state index contributed by atoms with van der Waals surface area (Å²) < 4.78 is 20.9. The molecular weight excluding hydrogens is 219 g/mol. The maximum absolute atomic E-state index is 5.70. The van der Waals surface area contributed by atoms with Crippen molar-refractivity contribution < 1.29 is 18.9 Å². The van der Waals surface area contributed by atoms with Gasteiger partial charge in [-0.2, -0.15) is 0 Å². The fourth-order valence-corrected chi connectivity index (χ4v) is 1.23. The van der Waals surface area contributed by atoms with Gasteiger partial charge in [0.05, 0.1) is 13.2 Å². The first-order chi connectivity index (χ1) is 8.27. The Morgan fingerprint density at radius 3 is 2.06 bits per heavy atom.